The quantitative estimate of drug-likeness (QED) is 0.312. The van der Waals surface area contributed by atoms with Crippen LogP contribution in [0.1, 0.15) is 51.7 Å². The van der Waals surface area contributed by atoms with Crippen LogP contribution in [0.3, 0.4) is 0 Å². The summed E-state index contributed by atoms with van der Waals surface area (Å²) in [5, 5.41) is 5.12. The van der Waals surface area contributed by atoms with Crippen molar-refractivity contribution in [1.82, 2.24) is 9.47 Å². The highest BCUT2D eigenvalue weighted by Gasteiger charge is 2.36. The maximum absolute atomic E-state index is 13.9. The number of thiophene rings is 1. The monoisotopic (exact) mass is 487 g/mol. The molecule has 2 aliphatic rings. The molecule has 1 aliphatic heterocycles. The molecule has 2 amide bonds. The van der Waals surface area contributed by atoms with E-state index in [4.69, 9.17) is 11.6 Å². The minimum absolute atomic E-state index is 0.101. The molecule has 4 nitrogen and oxygen atoms in total. The number of fused-ring (bicyclic) bond motifs is 5. The number of halogens is 1. The molecule has 1 N–H and O–H groups in total. The number of urea groups is 1. The van der Waals surface area contributed by atoms with E-state index in [-0.39, 0.29) is 12.1 Å². The first kappa shape index (κ1) is 21.5. The Labute approximate surface area is 208 Å². The molecule has 6 rings (SSSR count). The lowest BCUT2D eigenvalue weighted by atomic mass is 9.95. The van der Waals surface area contributed by atoms with Crippen molar-refractivity contribution in [1.29, 1.82) is 0 Å². The van der Waals surface area contributed by atoms with Gasteiger partial charge in [-0.3, -0.25) is 0 Å². The summed E-state index contributed by atoms with van der Waals surface area (Å²) in [5.41, 5.74) is 6.72. The summed E-state index contributed by atoms with van der Waals surface area (Å²) in [7, 11) is 0. The van der Waals surface area contributed by atoms with Crippen LogP contribution in [0.4, 0.5) is 10.5 Å². The van der Waals surface area contributed by atoms with E-state index in [9.17, 15) is 4.79 Å². The number of rotatable bonds is 2. The Bertz CT molecular complexity index is 1390. The van der Waals surface area contributed by atoms with Gasteiger partial charge < -0.3 is 14.8 Å². The van der Waals surface area contributed by atoms with Crippen LogP contribution in [0.2, 0.25) is 5.02 Å². The van der Waals surface area contributed by atoms with E-state index in [1.807, 2.05) is 65.6 Å². The Balaban J connectivity index is 1.51. The van der Waals surface area contributed by atoms with E-state index >= 15 is 0 Å². The van der Waals surface area contributed by atoms with Gasteiger partial charge in [0.15, 0.2) is 0 Å². The summed E-state index contributed by atoms with van der Waals surface area (Å²) in [5.74, 6) is 0. The molecule has 4 aromatic rings. The first-order valence-corrected chi connectivity index (χ1v) is 13.0. The lowest BCUT2D eigenvalue weighted by Crippen LogP contribution is -2.38. The van der Waals surface area contributed by atoms with Crippen LogP contribution in [0, 0.1) is 6.92 Å². The van der Waals surface area contributed by atoms with E-state index in [1.165, 1.54) is 33.8 Å². The first-order chi connectivity index (χ1) is 16.6. The number of benzene rings is 2. The summed E-state index contributed by atoms with van der Waals surface area (Å²) in [6.07, 6.45) is 6.81. The molecule has 0 fully saturated rings. The zero-order valence-electron chi connectivity index (χ0n) is 19.1. The number of para-hydroxylation sites is 1. The summed E-state index contributed by atoms with van der Waals surface area (Å²) < 4.78 is 2.30. The number of anilines is 1. The predicted molar refractivity (Wildman–Crippen MR) is 139 cm³/mol. The van der Waals surface area contributed by atoms with Gasteiger partial charge in [0.25, 0.3) is 0 Å². The van der Waals surface area contributed by atoms with Crippen LogP contribution < -0.4 is 5.32 Å². The Morgan fingerprint density at radius 1 is 1.03 bits per heavy atom. The van der Waals surface area contributed by atoms with E-state index < -0.39 is 0 Å². The van der Waals surface area contributed by atoms with Crippen molar-refractivity contribution in [2.24, 2.45) is 0 Å². The van der Waals surface area contributed by atoms with Crippen molar-refractivity contribution in [2.45, 2.75) is 45.2 Å². The summed E-state index contributed by atoms with van der Waals surface area (Å²) >= 11 is 8.32. The lowest BCUT2D eigenvalue weighted by molar-refractivity contribution is 0.194. The molecule has 0 radical (unpaired) electrons. The third kappa shape index (κ3) is 3.64. The number of nitrogens with zero attached hydrogens (tertiary/aromatic N) is 2. The number of amides is 2. The number of hydrogen-bond acceptors (Lipinski definition) is 2. The number of hydrogen-bond donors (Lipinski definition) is 1. The molecule has 0 unspecified atom stereocenters. The second-order valence-corrected chi connectivity index (χ2v) is 10.6. The van der Waals surface area contributed by atoms with Gasteiger partial charge in [0.05, 0.1) is 18.3 Å². The van der Waals surface area contributed by atoms with Crippen molar-refractivity contribution in [3.8, 4) is 5.00 Å². The highest BCUT2D eigenvalue weighted by atomic mass is 35.5. The number of nitrogens with one attached hydrogen (secondary N) is 1. The van der Waals surface area contributed by atoms with Gasteiger partial charge in [-0.15, -0.1) is 11.3 Å². The molecule has 172 valence electrons. The molecule has 0 saturated heterocycles. The van der Waals surface area contributed by atoms with Gasteiger partial charge in [0.2, 0.25) is 0 Å². The third-order valence-corrected chi connectivity index (χ3v) is 8.56. The van der Waals surface area contributed by atoms with Crippen LogP contribution in [-0.4, -0.2) is 15.5 Å². The van der Waals surface area contributed by atoms with Crippen LogP contribution in [0.5, 0.6) is 0 Å². The fraction of sp³-hybridized carbons (Fsp3) is 0.250. The van der Waals surface area contributed by atoms with Crippen molar-refractivity contribution in [3.63, 3.8) is 0 Å². The fourth-order valence-corrected chi connectivity index (χ4v) is 6.92. The van der Waals surface area contributed by atoms with Gasteiger partial charge >= 0.3 is 6.03 Å². The fourth-order valence-electron chi connectivity index (χ4n) is 5.31. The van der Waals surface area contributed by atoms with E-state index in [1.54, 1.807) is 0 Å². The highest BCUT2D eigenvalue weighted by Crippen LogP contribution is 2.44. The largest absolute Gasteiger partial charge is 0.322 e. The average Bonchev–Trinajstić information content (AvgIpc) is 3.42. The molecule has 0 saturated carbocycles. The minimum atomic E-state index is -0.253. The van der Waals surface area contributed by atoms with Gasteiger partial charge in [-0.05, 0) is 79.6 Å². The maximum Gasteiger partial charge on any atom is 0.322 e. The molecule has 2 aromatic heterocycles. The topological polar surface area (TPSA) is 37.3 Å². The smallest absolute Gasteiger partial charge is 0.310 e. The van der Waals surface area contributed by atoms with Crippen molar-refractivity contribution in [2.75, 3.05) is 5.32 Å². The number of carbonyl (C=O) groups is 1. The van der Waals surface area contributed by atoms with Gasteiger partial charge in [-0.2, -0.15) is 0 Å². The number of carbonyl (C=O) groups excluding carboxylic acids is 1. The Morgan fingerprint density at radius 2 is 1.88 bits per heavy atom. The Morgan fingerprint density at radius 3 is 2.74 bits per heavy atom. The van der Waals surface area contributed by atoms with Crippen LogP contribution >= 0.6 is 22.9 Å². The summed E-state index contributed by atoms with van der Waals surface area (Å²) in [6.45, 7) is 2.59. The summed E-state index contributed by atoms with van der Waals surface area (Å²) in [4.78, 5) is 17.4. The molecular weight excluding hydrogens is 462 g/mol. The zero-order chi connectivity index (χ0) is 23.2. The Hall–Kier alpha value is -3.02. The molecule has 6 heteroatoms. The molecule has 0 bridgehead atoms. The molecule has 1 atom stereocenters. The first-order valence-electron chi connectivity index (χ1n) is 11.8. The predicted octanol–water partition coefficient (Wildman–Crippen LogP) is 7.52. The van der Waals surface area contributed by atoms with Gasteiger partial charge in [-0.1, -0.05) is 41.9 Å². The minimum Gasteiger partial charge on any atom is -0.310 e. The number of aromatic nitrogens is 1. The van der Waals surface area contributed by atoms with Gasteiger partial charge in [0.1, 0.15) is 5.00 Å². The second-order valence-electron chi connectivity index (χ2n) is 9.13. The second kappa shape index (κ2) is 8.64. The van der Waals surface area contributed by atoms with Crippen LogP contribution in [0.15, 0.2) is 66.9 Å². The lowest BCUT2D eigenvalue weighted by Gasteiger charge is -2.31. The Kier molecular flexibility index (Phi) is 5.47. The number of aryl methyl sites for hydroxylation is 2. The van der Waals surface area contributed by atoms with Crippen LogP contribution in [-0.2, 0) is 19.4 Å². The summed E-state index contributed by atoms with van der Waals surface area (Å²) in [6, 6.07) is 19.7. The molecule has 0 spiro atoms. The van der Waals surface area contributed by atoms with Gasteiger partial charge in [-0.25, -0.2) is 4.79 Å². The molecular formula is C28H26ClN3OS. The third-order valence-electron chi connectivity index (χ3n) is 6.99. The SMILES string of the molecule is Cc1ccccc1NC(=O)N1Cc2c(sc3c2CCCC3)-n2cccc2[C@H]1c1cccc(Cl)c1. The normalized spacial score (nSPS) is 16.9. The molecule has 34 heavy (non-hydrogen) atoms. The van der Waals surface area contributed by atoms with E-state index in [0.717, 1.165) is 35.3 Å². The van der Waals surface area contributed by atoms with E-state index in [2.05, 4.69) is 34.3 Å². The van der Waals surface area contributed by atoms with Gasteiger partial charge in [0, 0.05) is 27.3 Å². The molecule has 3 heterocycles. The van der Waals surface area contributed by atoms with E-state index in [0.29, 0.717) is 11.6 Å². The van der Waals surface area contributed by atoms with Crippen molar-refractivity contribution in [3.05, 3.63) is 105 Å². The highest BCUT2D eigenvalue weighted by molar-refractivity contribution is 7.15. The standard InChI is InChI=1S/C28H26ClN3OS/c1-18-8-2-4-12-23(18)30-28(33)32-17-22-21-11-3-5-14-25(21)34-27(22)31-15-7-13-24(31)26(32)19-9-6-10-20(29)16-19/h2,4,6-10,12-13,15-16,26H,3,5,11,14,17H2,1H3,(H,30,33)/t26-/m1/s1. The molecule has 2 aromatic carbocycles. The molecule has 1 aliphatic carbocycles. The maximum atomic E-state index is 13.9. The average molecular weight is 488 g/mol. The van der Waals surface area contributed by atoms with Crippen LogP contribution in [0.25, 0.3) is 5.00 Å². The zero-order valence-corrected chi connectivity index (χ0v) is 20.6. The van der Waals surface area contributed by atoms with Crippen molar-refractivity contribution < 1.29 is 4.79 Å². The van der Waals surface area contributed by atoms with Crippen molar-refractivity contribution >= 4 is 34.7 Å².